The third kappa shape index (κ3) is 46.2. The van der Waals surface area contributed by atoms with Crippen molar-refractivity contribution in [3.63, 3.8) is 0 Å². The molecule has 0 aromatic carbocycles. The fourth-order valence-electron chi connectivity index (χ4n) is 8.52. The number of aliphatic hydroxyl groups is 2. The summed E-state index contributed by atoms with van der Waals surface area (Å²) in [5.41, 5.74) is 0. The number of rotatable bonds is 50. The van der Waals surface area contributed by atoms with Gasteiger partial charge in [-0.15, -0.1) is 0 Å². The maximum Gasteiger partial charge on any atom is 0.305 e. The summed E-state index contributed by atoms with van der Waals surface area (Å²) in [5.74, 6) is -0.0360. The molecule has 0 heterocycles. The van der Waals surface area contributed by atoms with Crippen LogP contribution >= 0.6 is 0 Å². The van der Waals surface area contributed by atoms with E-state index >= 15 is 0 Å². The summed E-state index contributed by atoms with van der Waals surface area (Å²) >= 11 is 0. The number of ether oxygens (including phenoxy) is 1. The number of amides is 1. The fraction of sp³-hybridized carbons (Fsp3) is 0.962. The first-order valence-corrected chi connectivity index (χ1v) is 26.8. The number of hydrogen-bond acceptors (Lipinski definition) is 5. The zero-order valence-electron chi connectivity index (χ0n) is 40.0. The van der Waals surface area contributed by atoms with E-state index < -0.39 is 12.1 Å². The number of carbonyl (C=O) groups excluding carboxylic acids is 2. The molecule has 1 amide bonds. The van der Waals surface area contributed by atoms with Crippen molar-refractivity contribution in [2.45, 2.75) is 315 Å². The monoisotopic (exact) mass is 836 g/mol. The summed E-state index contributed by atoms with van der Waals surface area (Å²) in [4.78, 5) is 24.4. The van der Waals surface area contributed by atoms with Gasteiger partial charge in [0, 0.05) is 12.8 Å². The van der Waals surface area contributed by atoms with E-state index in [1.165, 1.54) is 225 Å². The third-order valence-electron chi connectivity index (χ3n) is 12.7. The van der Waals surface area contributed by atoms with Gasteiger partial charge in [-0.25, -0.2) is 0 Å². The standard InChI is InChI=1S/C53H105NO5/c1-3-5-7-9-11-13-15-16-19-22-26-29-33-37-41-45-51(56)50(49-55)54-52(57)46-42-38-34-30-27-23-20-17-18-21-24-28-32-36-40-44-48-59-53(58)47-43-39-35-31-25-14-12-10-8-6-4-2/h50-51,55-56H,3-49H2,1-2H3,(H,54,57). The number of hydrogen-bond donors (Lipinski definition) is 3. The lowest BCUT2D eigenvalue weighted by Crippen LogP contribution is -2.45. The lowest BCUT2D eigenvalue weighted by Gasteiger charge is -2.22. The van der Waals surface area contributed by atoms with Gasteiger partial charge in [-0.2, -0.15) is 0 Å². The smallest absolute Gasteiger partial charge is 0.305 e. The molecule has 0 aromatic rings. The Labute approximate surface area is 368 Å². The summed E-state index contributed by atoms with van der Waals surface area (Å²) in [6, 6.07) is -0.544. The van der Waals surface area contributed by atoms with Gasteiger partial charge in [-0.05, 0) is 25.7 Å². The molecule has 352 valence electrons. The summed E-state index contributed by atoms with van der Waals surface area (Å²) in [6.45, 7) is 4.95. The van der Waals surface area contributed by atoms with Crippen LogP contribution in [0.15, 0.2) is 0 Å². The third-order valence-corrected chi connectivity index (χ3v) is 12.7. The molecule has 0 aliphatic carbocycles. The lowest BCUT2D eigenvalue weighted by atomic mass is 10.0. The van der Waals surface area contributed by atoms with Crippen molar-refractivity contribution in [3.05, 3.63) is 0 Å². The van der Waals surface area contributed by atoms with Crippen LogP contribution in [0.2, 0.25) is 0 Å². The van der Waals surface area contributed by atoms with E-state index in [1.54, 1.807) is 0 Å². The van der Waals surface area contributed by atoms with Gasteiger partial charge in [-0.1, -0.05) is 264 Å². The Kier molecular flexibility index (Phi) is 48.6. The van der Waals surface area contributed by atoms with E-state index in [2.05, 4.69) is 19.2 Å². The van der Waals surface area contributed by atoms with Crippen LogP contribution in [0.3, 0.4) is 0 Å². The van der Waals surface area contributed by atoms with E-state index in [-0.39, 0.29) is 18.5 Å². The SMILES string of the molecule is CCCCCCCCCCCCCCCCCC(O)C(CO)NC(=O)CCCCCCCCCCCCCCCCCCOC(=O)CCCCCCCCCCCCC. The Bertz CT molecular complexity index is 837. The van der Waals surface area contributed by atoms with Crippen molar-refractivity contribution in [3.8, 4) is 0 Å². The second kappa shape index (κ2) is 49.5. The molecule has 0 aromatic heterocycles. The molecule has 0 spiro atoms. The zero-order valence-corrected chi connectivity index (χ0v) is 40.0. The molecule has 0 bridgehead atoms. The number of carbonyl (C=O) groups is 2. The summed E-state index contributed by atoms with van der Waals surface area (Å²) in [5, 5.41) is 23.2. The number of esters is 1. The number of aliphatic hydroxyl groups excluding tert-OH is 2. The van der Waals surface area contributed by atoms with Crippen molar-refractivity contribution >= 4 is 11.9 Å². The molecule has 0 saturated heterocycles. The predicted molar refractivity (Wildman–Crippen MR) is 255 cm³/mol. The van der Waals surface area contributed by atoms with Crippen LogP contribution in [0.4, 0.5) is 0 Å². The van der Waals surface area contributed by atoms with Crippen molar-refractivity contribution < 1.29 is 24.5 Å². The van der Waals surface area contributed by atoms with Crippen LogP contribution in [-0.2, 0) is 14.3 Å². The van der Waals surface area contributed by atoms with Gasteiger partial charge >= 0.3 is 5.97 Å². The number of unbranched alkanes of at least 4 members (excludes halogenated alkanes) is 39. The fourth-order valence-corrected chi connectivity index (χ4v) is 8.52. The Morgan fingerprint density at radius 2 is 0.695 bits per heavy atom. The molecule has 0 rings (SSSR count). The van der Waals surface area contributed by atoms with Crippen LogP contribution < -0.4 is 5.32 Å². The molecule has 2 unspecified atom stereocenters. The summed E-state index contributed by atoms with van der Waals surface area (Å²) in [6.07, 6.45) is 55.0. The molecule has 0 fully saturated rings. The maximum atomic E-state index is 12.5. The van der Waals surface area contributed by atoms with E-state index in [9.17, 15) is 19.8 Å². The Balaban J connectivity index is 3.42. The molecule has 6 heteroatoms. The predicted octanol–water partition coefficient (Wildman–Crippen LogP) is 16.0. The van der Waals surface area contributed by atoms with Gasteiger partial charge < -0.3 is 20.3 Å². The van der Waals surface area contributed by atoms with E-state index in [0.717, 1.165) is 44.9 Å². The molecule has 2 atom stereocenters. The van der Waals surface area contributed by atoms with Crippen molar-refractivity contribution in [2.75, 3.05) is 13.2 Å². The largest absolute Gasteiger partial charge is 0.466 e. The molecule has 0 aliphatic rings. The quantitative estimate of drug-likeness (QED) is 0.0419. The highest BCUT2D eigenvalue weighted by Gasteiger charge is 2.20. The van der Waals surface area contributed by atoms with Crippen LogP contribution in [0, 0.1) is 0 Å². The average Bonchev–Trinajstić information content (AvgIpc) is 3.24. The van der Waals surface area contributed by atoms with Gasteiger partial charge in [0.2, 0.25) is 5.91 Å². The molecular weight excluding hydrogens is 731 g/mol. The van der Waals surface area contributed by atoms with Crippen molar-refractivity contribution in [1.29, 1.82) is 0 Å². The molecule has 59 heavy (non-hydrogen) atoms. The van der Waals surface area contributed by atoms with Crippen LogP contribution in [0.5, 0.6) is 0 Å². The van der Waals surface area contributed by atoms with E-state index in [1.807, 2.05) is 0 Å². The summed E-state index contributed by atoms with van der Waals surface area (Å²) < 4.78 is 5.45. The topological polar surface area (TPSA) is 95.9 Å². The van der Waals surface area contributed by atoms with Crippen molar-refractivity contribution in [2.24, 2.45) is 0 Å². The van der Waals surface area contributed by atoms with Gasteiger partial charge in [0.25, 0.3) is 0 Å². The van der Waals surface area contributed by atoms with E-state index in [4.69, 9.17) is 4.74 Å². The van der Waals surface area contributed by atoms with Crippen LogP contribution in [0.25, 0.3) is 0 Å². The minimum atomic E-state index is -0.667. The Morgan fingerprint density at radius 3 is 1.03 bits per heavy atom. The highest BCUT2D eigenvalue weighted by Crippen LogP contribution is 2.17. The normalized spacial score (nSPS) is 12.5. The average molecular weight is 836 g/mol. The molecular formula is C53H105NO5. The molecule has 0 radical (unpaired) electrons. The molecule has 6 nitrogen and oxygen atoms in total. The maximum absolute atomic E-state index is 12.5. The van der Waals surface area contributed by atoms with E-state index in [0.29, 0.717) is 25.9 Å². The minimum absolute atomic E-state index is 0.00352. The molecule has 0 saturated carbocycles. The lowest BCUT2D eigenvalue weighted by molar-refractivity contribution is -0.143. The number of nitrogens with one attached hydrogen (secondary N) is 1. The second-order valence-corrected chi connectivity index (χ2v) is 18.6. The van der Waals surface area contributed by atoms with Crippen LogP contribution in [-0.4, -0.2) is 47.4 Å². The minimum Gasteiger partial charge on any atom is -0.466 e. The first-order valence-electron chi connectivity index (χ1n) is 26.8. The van der Waals surface area contributed by atoms with Gasteiger partial charge in [0.1, 0.15) is 0 Å². The first kappa shape index (κ1) is 57.9. The van der Waals surface area contributed by atoms with Crippen LogP contribution in [0.1, 0.15) is 303 Å². The van der Waals surface area contributed by atoms with Gasteiger partial charge in [-0.3, -0.25) is 9.59 Å². The van der Waals surface area contributed by atoms with Gasteiger partial charge in [0.05, 0.1) is 25.4 Å². The zero-order chi connectivity index (χ0) is 43.0. The second-order valence-electron chi connectivity index (χ2n) is 18.6. The molecule has 3 N–H and O–H groups in total. The first-order chi connectivity index (χ1) is 29.0. The summed E-state index contributed by atoms with van der Waals surface area (Å²) in [7, 11) is 0. The highest BCUT2D eigenvalue weighted by atomic mass is 16.5. The Morgan fingerprint density at radius 1 is 0.407 bits per heavy atom. The van der Waals surface area contributed by atoms with Gasteiger partial charge in [0.15, 0.2) is 0 Å². The molecule has 0 aliphatic heterocycles. The highest BCUT2D eigenvalue weighted by molar-refractivity contribution is 5.76. The Hall–Kier alpha value is -1.14. The van der Waals surface area contributed by atoms with Crippen molar-refractivity contribution in [1.82, 2.24) is 5.32 Å².